The monoisotopic (exact) mass is 284 g/mol. The molecule has 1 atom stereocenters. The topological polar surface area (TPSA) is 41.6 Å². The van der Waals surface area contributed by atoms with Gasteiger partial charge in [-0.1, -0.05) is 26.2 Å². The molecule has 1 fully saturated rings. The number of hydrogen-bond donors (Lipinski definition) is 1. The summed E-state index contributed by atoms with van der Waals surface area (Å²) in [5.41, 5.74) is -0.599. The molecule has 1 saturated carbocycles. The van der Waals surface area contributed by atoms with E-state index in [1.807, 2.05) is 13.8 Å². The Labute approximate surface area is 124 Å². The van der Waals surface area contributed by atoms with E-state index >= 15 is 0 Å². The van der Waals surface area contributed by atoms with Crippen LogP contribution in [-0.2, 0) is 9.53 Å². The Hall–Kier alpha value is -0.610. The van der Waals surface area contributed by atoms with E-state index in [-0.39, 0.29) is 5.97 Å². The van der Waals surface area contributed by atoms with Gasteiger partial charge in [-0.25, -0.2) is 0 Å². The lowest BCUT2D eigenvalue weighted by molar-refractivity contribution is -0.151. The lowest BCUT2D eigenvalue weighted by Crippen LogP contribution is -2.58. The Morgan fingerprint density at radius 3 is 2.50 bits per heavy atom. The molecular weight excluding hydrogens is 252 g/mol. The zero-order chi connectivity index (χ0) is 15.0. The molecule has 1 aliphatic rings. The van der Waals surface area contributed by atoms with E-state index in [0.717, 1.165) is 19.5 Å². The number of carbonyl (C=O) groups is 1. The summed E-state index contributed by atoms with van der Waals surface area (Å²) < 4.78 is 5.26. The van der Waals surface area contributed by atoms with Gasteiger partial charge in [0.1, 0.15) is 5.54 Å². The minimum atomic E-state index is -0.599. The van der Waals surface area contributed by atoms with E-state index in [4.69, 9.17) is 4.74 Å². The summed E-state index contributed by atoms with van der Waals surface area (Å²) in [7, 11) is 2.14. The molecule has 0 aromatic heterocycles. The smallest absolute Gasteiger partial charge is 0.327 e. The van der Waals surface area contributed by atoms with Crippen LogP contribution in [0, 0.1) is 0 Å². The number of nitrogens with zero attached hydrogens (tertiary/aromatic N) is 1. The van der Waals surface area contributed by atoms with Crippen LogP contribution in [0.4, 0.5) is 0 Å². The predicted octanol–water partition coefficient (Wildman–Crippen LogP) is 2.57. The second kappa shape index (κ2) is 8.63. The molecule has 0 amide bonds. The molecule has 4 heteroatoms. The zero-order valence-electron chi connectivity index (χ0n) is 13.7. The van der Waals surface area contributed by atoms with E-state index in [1.54, 1.807) is 0 Å². The van der Waals surface area contributed by atoms with Gasteiger partial charge in [-0.05, 0) is 46.7 Å². The molecule has 1 rings (SSSR count). The van der Waals surface area contributed by atoms with E-state index in [9.17, 15) is 4.79 Å². The van der Waals surface area contributed by atoms with Gasteiger partial charge in [0.05, 0.1) is 6.61 Å². The van der Waals surface area contributed by atoms with Crippen LogP contribution in [0.3, 0.4) is 0 Å². The summed E-state index contributed by atoms with van der Waals surface area (Å²) in [6.07, 6.45) is 7.50. The van der Waals surface area contributed by atoms with Crippen LogP contribution in [-0.4, -0.2) is 49.2 Å². The Kier molecular flexibility index (Phi) is 7.52. The number of nitrogens with one attached hydrogen (secondary N) is 1. The Morgan fingerprint density at radius 2 is 1.95 bits per heavy atom. The third-order valence-corrected chi connectivity index (χ3v) is 4.25. The molecule has 0 radical (unpaired) electrons. The van der Waals surface area contributed by atoms with Gasteiger partial charge in [-0.15, -0.1) is 0 Å². The van der Waals surface area contributed by atoms with Gasteiger partial charge >= 0.3 is 5.97 Å². The maximum atomic E-state index is 12.3. The minimum absolute atomic E-state index is 0.129. The van der Waals surface area contributed by atoms with Crippen molar-refractivity contribution in [2.24, 2.45) is 0 Å². The molecule has 1 N–H and O–H groups in total. The van der Waals surface area contributed by atoms with Gasteiger partial charge in [-0.2, -0.15) is 0 Å². The van der Waals surface area contributed by atoms with Gasteiger partial charge in [0.25, 0.3) is 0 Å². The van der Waals surface area contributed by atoms with Crippen molar-refractivity contribution in [3.05, 3.63) is 0 Å². The second-order valence-corrected chi connectivity index (χ2v) is 6.19. The van der Waals surface area contributed by atoms with E-state index in [0.29, 0.717) is 12.6 Å². The highest BCUT2D eigenvalue weighted by atomic mass is 16.5. The van der Waals surface area contributed by atoms with Crippen LogP contribution < -0.4 is 5.32 Å². The average molecular weight is 284 g/mol. The van der Waals surface area contributed by atoms with Crippen LogP contribution in [0.25, 0.3) is 0 Å². The maximum Gasteiger partial charge on any atom is 0.327 e. The summed E-state index contributed by atoms with van der Waals surface area (Å²) in [6.45, 7) is 7.95. The second-order valence-electron chi connectivity index (χ2n) is 6.19. The molecule has 0 aromatic rings. The van der Waals surface area contributed by atoms with Gasteiger partial charge < -0.3 is 15.0 Å². The van der Waals surface area contributed by atoms with E-state index in [1.165, 1.54) is 32.1 Å². The standard InChI is InChI=1S/C16H32N2O2/c1-5-12-17-16(3,15(19)20-6-2)13-18(4)14-10-8-7-9-11-14/h14,17H,5-13H2,1-4H3. The fourth-order valence-electron chi connectivity index (χ4n) is 3.03. The first kappa shape index (κ1) is 17.4. The van der Waals surface area contributed by atoms with Crippen LogP contribution in [0.5, 0.6) is 0 Å². The molecule has 118 valence electrons. The van der Waals surface area contributed by atoms with Crippen molar-refractivity contribution < 1.29 is 9.53 Å². The van der Waals surface area contributed by atoms with Crippen LogP contribution in [0.1, 0.15) is 59.3 Å². The highest BCUT2D eigenvalue weighted by Gasteiger charge is 2.36. The van der Waals surface area contributed by atoms with Crippen LogP contribution in [0.2, 0.25) is 0 Å². The number of rotatable bonds is 8. The fourth-order valence-corrected chi connectivity index (χ4v) is 3.03. The molecule has 0 saturated heterocycles. The first-order valence-electron chi connectivity index (χ1n) is 8.16. The van der Waals surface area contributed by atoms with Crippen molar-refractivity contribution in [1.29, 1.82) is 0 Å². The van der Waals surface area contributed by atoms with Gasteiger partial charge in [0, 0.05) is 12.6 Å². The molecular formula is C16H32N2O2. The molecule has 0 aliphatic heterocycles. The fraction of sp³-hybridized carbons (Fsp3) is 0.938. The lowest BCUT2D eigenvalue weighted by Gasteiger charge is -2.38. The summed E-state index contributed by atoms with van der Waals surface area (Å²) in [4.78, 5) is 14.6. The van der Waals surface area contributed by atoms with Crippen molar-refractivity contribution >= 4 is 5.97 Å². The Morgan fingerprint density at radius 1 is 1.30 bits per heavy atom. The SMILES string of the molecule is CCCNC(C)(CN(C)C1CCCCC1)C(=O)OCC. The molecule has 4 nitrogen and oxygen atoms in total. The van der Waals surface area contributed by atoms with Crippen molar-refractivity contribution in [1.82, 2.24) is 10.2 Å². The number of esters is 1. The first-order valence-corrected chi connectivity index (χ1v) is 8.16. The largest absolute Gasteiger partial charge is 0.465 e. The van der Waals surface area contributed by atoms with E-state index < -0.39 is 5.54 Å². The molecule has 0 heterocycles. The normalized spacial score (nSPS) is 19.9. The third-order valence-electron chi connectivity index (χ3n) is 4.25. The Bertz CT molecular complexity index is 290. The number of likely N-dealkylation sites (N-methyl/N-ethyl adjacent to an activating group) is 1. The Balaban J connectivity index is 2.64. The highest BCUT2D eigenvalue weighted by Crippen LogP contribution is 2.23. The lowest BCUT2D eigenvalue weighted by atomic mass is 9.92. The molecule has 0 bridgehead atoms. The van der Waals surface area contributed by atoms with Gasteiger partial charge in [-0.3, -0.25) is 4.79 Å². The molecule has 0 spiro atoms. The average Bonchev–Trinajstić information content (AvgIpc) is 2.46. The molecule has 1 aliphatic carbocycles. The summed E-state index contributed by atoms with van der Waals surface area (Å²) in [6, 6.07) is 0.612. The first-order chi connectivity index (χ1) is 9.53. The van der Waals surface area contributed by atoms with Crippen LogP contribution >= 0.6 is 0 Å². The zero-order valence-corrected chi connectivity index (χ0v) is 13.7. The number of hydrogen-bond acceptors (Lipinski definition) is 4. The highest BCUT2D eigenvalue weighted by molar-refractivity contribution is 5.80. The molecule has 0 aromatic carbocycles. The van der Waals surface area contributed by atoms with Gasteiger partial charge in [0.2, 0.25) is 0 Å². The molecule has 1 unspecified atom stereocenters. The van der Waals surface area contributed by atoms with Crippen molar-refractivity contribution in [2.45, 2.75) is 70.9 Å². The maximum absolute atomic E-state index is 12.3. The van der Waals surface area contributed by atoms with Crippen LogP contribution in [0.15, 0.2) is 0 Å². The summed E-state index contributed by atoms with van der Waals surface area (Å²) in [5, 5.41) is 3.38. The number of ether oxygens (including phenoxy) is 1. The summed E-state index contributed by atoms with van der Waals surface area (Å²) in [5.74, 6) is -0.129. The van der Waals surface area contributed by atoms with Crippen molar-refractivity contribution in [3.63, 3.8) is 0 Å². The van der Waals surface area contributed by atoms with Gasteiger partial charge in [0.15, 0.2) is 0 Å². The van der Waals surface area contributed by atoms with Crippen molar-refractivity contribution in [3.8, 4) is 0 Å². The van der Waals surface area contributed by atoms with E-state index in [2.05, 4.69) is 24.2 Å². The predicted molar refractivity (Wildman–Crippen MR) is 82.8 cm³/mol. The third kappa shape index (κ3) is 5.06. The number of carbonyl (C=O) groups excluding carboxylic acids is 1. The van der Waals surface area contributed by atoms with Crippen molar-refractivity contribution in [2.75, 3.05) is 26.7 Å². The minimum Gasteiger partial charge on any atom is -0.465 e. The quantitative estimate of drug-likeness (QED) is 0.696. The summed E-state index contributed by atoms with van der Waals surface area (Å²) >= 11 is 0. The molecule has 20 heavy (non-hydrogen) atoms.